The van der Waals surface area contributed by atoms with Gasteiger partial charge in [-0.05, 0) is 48.2 Å². The molecule has 2 aromatic carbocycles. The second-order valence-electron chi connectivity index (χ2n) is 5.28. The van der Waals surface area contributed by atoms with Crippen LogP contribution in [0.15, 0.2) is 53.4 Å². The van der Waals surface area contributed by atoms with Gasteiger partial charge in [0.25, 0.3) is 0 Å². The summed E-state index contributed by atoms with van der Waals surface area (Å²) in [5, 5.41) is 3.46. The Balaban J connectivity index is 1.88. The van der Waals surface area contributed by atoms with Crippen molar-refractivity contribution in [1.82, 2.24) is 5.32 Å². The molecule has 0 bridgehead atoms. The van der Waals surface area contributed by atoms with Gasteiger partial charge in [0, 0.05) is 17.2 Å². The number of thioether (sulfide) groups is 1. The van der Waals surface area contributed by atoms with Gasteiger partial charge in [0.05, 0.1) is 0 Å². The maximum atomic E-state index is 3.46. The van der Waals surface area contributed by atoms with Gasteiger partial charge in [-0.15, -0.1) is 11.8 Å². The molecular formula is C19H25NS. The second kappa shape index (κ2) is 8.91. The van der Waals surface area contributed by atoms with Crippen LogP contribution in [0.5, 0.6) is 0 Å². The maximum Gasteiger partial charge on any atom is 0.0231 e. The molecule has 0 spiro atoms. The van der Waals surface area contributed by atoms with E-state index < -0.39 is 0 Å². The third-order valence-corrected chi connectivity index (χ3v) is 4.56. The molecule has 112 valence electrons. The molecule has 1 nitrogen and oxygen atoms in total. The van der Waals surface area contributed by atoms with Crippen LogP contribution in [0, 0.1) is 0 Å². The van der Waals surface area contributed by atoms with Crippen LogP contribution in [-0.4, -0.2) is 6.54 Å². The summed E-state index contributed by atoms with van der Waals surface area (Å²) in [5.74, 6) is 1.04. The van der Waals surface area contributed by atoms with E-state index in [1.54, 1.807) is 0 Å². The normalized spacial score (nSPS) is 10.8. The van der Waals surface area contributed by atoms with E-state index >= 15 is 0 Å². The Morgan fingerprint density at radius 1 is 0.905 bits per heavy atom. The van der Waals surface area contributed by atoms with Crippen LogP contribution in [0.3, 0.4) is 0 Å². The van der Waals surface area contributed by atoms with E-state index in [4.69, 9.17) is 0 Å². The molecule has 0 aliphatic carbocycles. The largest absolute Gasteiger partial charge is 0.313 e. The van der Waals surface area contributed by atoms with Gasteiger partial charge in [-0.2, -0.15) is 0 Å². The molecule has 0 fully saturated rings. The van der Waals surface area contributed by atoms with Gasteiger partial charge in [-0.1, -0.05) is 50.2 Å². The van der Waals surface area contributed by atoms with E-state index in [-0.39, 0.29) is 0 Å². The van der Waals surface area contributed by atoms with Gasteiger partial charge in [0.1, 0.15) is 0 Å². The fraction of sp³-hybridized carbons (Fsp3) is 0.368. The number of nitrogens with one attached hydrogen (secondary N) is 1. The number of hydrogen-bond acceptors (Lipinski definition) is 2. The SMILES string of the molecule is CCCNCc1cccc(SCc2ccc(CC)cc2)c1. The molecule has 0 heterocycles. The predicted molar refractivity (Wildman–Crippen MR) is 93.8 cm³/mol. The lowest BCUT2D eigenvalue weighted by atomic mass is 10.1. The molecule has 2 aromatic rings. The molecule has 2 heteroatoms. The van der Waals surface area contributed by atoms with Crippen LogP contribution < -0.4 is 5.32 Å². The van der Waals surface area contributed by atoms with E-state index in [0.717, 1.165) is 25.3 Å². The highest BCUT2D eigenvalue weighted by atomic mass is 32.2. The van der Waals surface area contributed by atoms with E-state index in [1.165, 1.54) is 28.0 Å². The number of rotatable bonds is 8. The van der Waals surface area contributed by atoms with Crippen molar-refractivity contribution in [1.29, 1.82) is 0 Å². The van der Waals surface area contributed by atoms with E-state index in [2.05, 4.69) is 67.7 Å². The minimum atomic E-state index is 0.966. The second-order valence-corrected chi connectivity index (χ2v) is 6.33. The third kappa shape index (κ3) is 5.56. The van der Waals surface area contributed by atoms with Crippen molar-refractivity contribution >= 4 is 11.8 Å². The highest BCUT2D eigenvalue weighted by Crippen LogP contribution is 2.23. The zero-order chi connectivity index (χ0) is 14.9. The first-order chi connectivity index (χ1) is 10.3. The average Bonchev–Trinajstić information content (AvgIpc) is 2.54. The van der Waals surface area contributed by atoms with Crippen LogP contribution in [0.25, 0.3) is 0 Å². The first-order valence-electron chi connectivity index (χ1n) is 7.82. The van der Waals surface area contributed by atoms with Crippen LogP contribution in [-0.2, 0) is 18.7 Å². The van der Waals surface area contributed by atoms with Crippen LogP contribution in [0.2, 0.25) is 0 Å². The fourth-order valence-corrected chi connectivity index (χ4v) is 3.13. The van der Waals surface area contributed by atoms with Crippen LogP contribution >= 0.6 is 11.8 Å². The molecule has 0 aromatic heterocycles. The van der Waals surface area contributed by atoms with Crippen molar-refractivity contribution < 1.29 is 0 Å². The summed E-state index contributed by atoms with van der Waals surface area (Å²) in [6.07, 6.45) is 2.29. The van der Waals surface area contributed by atoms with Crippen molar-refractivity contribution in [2.45, 2.75) is 43.9 Å². The first kappa shape index (κ1) is 16.1. The minimum absolute atomic E-state index is 0.966. The summed E-state index contributed by atoms with van der Waals surface area (Å²) < 4.78 is 0. The van der Waals surface area contributed by atoms with Crippen molar-refractivity contribution in [3.63, 3.8) is 0 Å². The molecule has 21 heavy (non-hydrogen) atoms. The Hall–Kier alpha value is -1.25. The Bertz CT molecular complexity index is 534. The number of benzene rings is 2. The Morgan fingerprint density at radius 3 is 2.38 bits per heavy atom. The zero-order valence-electron chi connectivity index (χ0n) is 13.1. The van der Waals surface area contributed by atoms with Gasteiger partial charge in [-0.3, -0.25) is 0 Å². The van der Waals surface area contributed by atoms with E-state index in [1.807, 2.05) is 11.8 Å². The molecule has 0 atom stereocenters. The summed E-state index contributed by atoms with van der Waals surface area (Å²) >= 11 is 1.91. The molecule has 0 radical (unpaired) electrons. The summed E-state index contributed by atoms with van der Waals surface area (Å²) in [6.45, 7) is 6.44. The van der Waals surface area contributed by atoms with Crippen molar-refractivity contribution in [2.75, 3.05) is 6.54 Å². The monoisotopic (exact) mass is 299 g/mol. The van der Waals surface area contributed by atoms with Gasteiger partial charge < -0.3 is 5.32 Å². The molecule has 0 aliphatic heterocycles. The van der Waals surface area contributed by atoms with Crippen molar-refractivity contribution in [3.05, 3.63) is 65.2 Å². The van der Waals surface area contributed by atoms with Crippen LogP contribution in [0.4, 0.5) is 0 Å². The summed E-state index contributed by atoms with van der Waals surface area (Å²) in [6, 6.07) is 17.8. The van der Waals surface area contributed by atoms with E-state index in [0.29, 0.717) is 0 Å². The highest BCUT2D eigenvalue weighted by Gasteiger charge is 1.99. The lowest BCUT2D eigenvalue weighted by Crippen LogP contribution is -2.13. The fourth-order valence-electron chi connectivity index (χ4n) is 2.19. The molecule has 0 aliphatic rings. The number of hydrogen-bond donors (Lipinski definition) is 1. The van der Waals surface area contributed by atoms with Gasteiger partial charge >= 0.3 is 0 Å². The molecule has 2 rings (SSSR count). The summed E-state index contributed by atoms with van der Waals surface area (Å²) in [5.41, 5.74) is 4.18. The Kier molecular flexibility index (Phi) is 6.84. The minimum Gasteiger partial charge on any atom is -0.313 e. The standard InChI is InChI=1S/C19H25NS/c1-3-12-20-14-18-6-5-7-19(13-18)21-15-17-10-8-16(4-2)9-11-17/h5-11,13,20H,3-4,12,14-15H2,1-2H3. The maximum absolute atomic E-state index is 3.46. The first-order valence-corrected chi connectivity index (χ1v) is 8.80. The molecule has 0 saturated heterocycles. The van der Waals surface area contributed by atoms with E-state index in [9.17, 15) is 0 Å². The molecule has 1 N–H and O–H groups in total. The summed E-state index contributed by atoms with van der Waals surface area (Å²) in [4.78, 5) is 1.35. The topological polar surface area (TPSA) is 12.0 Å². The van der Waals surface area contributed by atoms with Gasteiger partial charge in [0.15, 0.2) is 0 Å². The average molecular weight is 299 g/mol. The Morgan fingerprint density at radius 2 is 1.67 bits per heavy atom. The number of aryl methyl sites for hydroxylation is 1. The molecule has 0 saturated carbocycles. The quantitative estimate of drug-likeness (QED) is 0.541. The molecular weight excluding hydrogens is 274 g/mol. The summed E-state index contributed by atoms with van der Waals surface area (Å²) in [7, 11) is 0. The third-order valence-electron chi connectivity index (χ3n) is 3.49. The zero-order valence-corrected chi connectivity index (χ0v) is 13.9. The van der Waals surface area contributed by atoms with Crippen molar-refractivity contribution in [2.24, 2.45) is 0 Å². The smallest absolute Gasteiger partial charge is 0.0231 e. The molecule has 0 unspecified atom stereocenters. The predicted octanol–water partition coefficient (Wildman–Crippen LogP) is 5.04. The van der Waals surface area contributed by atoms with Crippen LogP contribution in [0.1, 0.15) is 37.0 Å². The highest BCUT2D eigenvalue weighted by molar-refractivity contribution is 7.98. The molecule has 0 amide bonds. The Labute approximate surface area is 133 Å². The van der Waals surface area contributed by atoms with Gasteiger partial charge in [0.2, 0.25) is 0 Å². The van der Waals surface area contributed by atoms with Gasteiger partial charge in [-0.25, -0.2) is 0 Å². The lowest BCUT2D eigenvalue weighted by molar-refractivity contribution is 0.674. The lowest BCUT2D eigenvalue weighted by Gasteiger charge is -2.07. The van der Waals surface area contributed by atoms with Crippen molar-refractivity contribution in [3.8, 4) is 0 Å².